The van der Waals surface area contributed by atoms with Crippen LogP contribution < -0.4 is 10.2 Å². The number of hydrogen-bond acceptors (Lipinski definition) is 6. The Hall–Kier alpha value is -3.19. The SMILES string of the molecule is O=C(c1ccnc(Nc2ccc(Cl)cc2)c1)N1CCN(c2ncccn2)CC1. The third-order valence-electron chi connectivity index (χ3n) is 4.53. The number of halogens is 1. The van der Waals surface area contributed by atoms with E-state index < -0.39 is 0 Å². The largest absolute Gasteiger partial charge is 0.340 e. The van der Waals surface area contributed by atoms with Crippen LogP contribution in [-0.2, 0) is 0 Å². The number of rotatable bonds is 4. The molecule has 0 saturated carbocycles. The Labute approximate surface area is 168 Å². The Morgan fingerprint density at radius 1 is 0.929 bits per heavy atom. The molecule has 2 aromatic heterocycles. The quantitative estimate of drug-likeness (QED) is 0.732. The number of aromatic nitrogens is 3. The van der Waals surface area contributed by atoms with Crippen molar-refractivity contribution in [3.8, 4) is 0 Å². The van der Waals surface area contributed by atoms with Crippen molar-refractivity contribution in [2.45, 2.75) is 0 Å². The Morgan fingerprint density at radius 3 is 2.36 bits per heavy atom. The monoisotopic (exact) mass is 394 g/mol. The summed E-state index contributed by atoms with van der Waals surface area (Å²) in [6.45, 7) is 2.66. The first-order chi connectivity index (χ1) is 13.7. The predicted octanol–water partition coefficient (Wildman–Crippen LogP) is 3.23. The molecule has 7 nitrogen and oxygen atoms in total. The third kappa shape index (κ3) is 4.20. The first-order valence-electron chi connectivity index (χ1n) is 8.99. The van der Waals surface area contributed by atoms with Crippen LogP contribution >= 0.6 is 11.6 Å². The predicted molar refractivity (Wildman–Crippen MR) is 109 cm³/mol. The molecule has 1 N–H and O–H groups in total. The summed E-state index contributed by atoms with van der Waals surface area (Å²) in [7, 11) is 0. The zero-order chi connectivity index (χ0) is 19.3. The van der Waals surface area contributed by atoms with Crippen molar-refractivity contribution in [1.82, 2.24) is 19.9 Å². The number of anilines is 3. The molecule has 0 aliphatic carbocycles. The van der Waals surface area contributed by atoms with Gasteiger partial charge in [-0.1, -0.05) is 11.6 Å². The van der Waals surface area contributed by atoms with Gasteiger partial charge in [0.05, 0.1) is 0 Å². The number of carbonyl (C=O) groups excluding carboxylic acids is 1. The number of amides is 1. The lowest BCUT2D eigenvalue weighted by atomic mass is 10.2. The number of pyridine rings is 1. The summed E-state index contributed by atoms with van der Waals surface area (Å²) in [5, 5.41) is 3.86. The molecule has 0 radical (unpaired) electrons. The number of nitrogens with zero attached hydrogens (tertiary/aromatic N) is 5. The Morgan fingerprint density at radius 2 is 1.64 bits per heavy atom. The molecule has 142 valence electrons. The van der Waals surface area contributed by atoms with Gasteiger partial charge in [0.15, 0.2) is 0 Å². The number of nitrogens with one attached hydrogen (secondary N) is 1. The van der Waals surface area contributed by atoms with Gasteiger partial charge in [0.1, 0.15) is 5.82 Å². The molecule has 3 heterocycles. The molecular formula is C20H19ClN6O. The molecule has 0 bridgehead atoms. The fourth-order valence-corrected chi connectivity index (χ4v) is 3.19. The van der Waals surface area contributed by atoms with Gasteiger partial charge in [-0.05, 0) is 42.5 Å². The second-order valence-electron chi connectivity index (χ2n) is 6.39. The highest BCUT2D eigenvalue weighted by atomic mass is 35.5. The number of hydrogen-bond donors (Lipinski definition) is 1. The Kier molecular flexibility index (Phi) is 5.34. The van der Waals surface area contributed by atoms with Gasteiger partial charge < -0.3 is 15.1 Å². The maximum Gasteiger partial charge on any atom is 0.254 e. The van der Waals surface area contributed by atoms with Crippen molar-refractivity contribution >= 4 is 35.0 Å². The van der Waals surface area contributed by atoms with Gasteiger partial charge in [0.2, 0.25) is 5.95 Å². The lowest BCUT2D eigenvalue weighted by molar-refractivity contribution is 0.0746. The zero-order valence-electron chi connectivity index (χ0n) is 15.1. The van der Waals surface area contributed by atoms with E-state index in [2.05, 4.69) is 25.2 Å². The lowest BCUT2D eigenvalue weighted by Gasteiger charge is -2.34. The second-order valence-corrected chi connectivity index (χ2v) is 6.83. The highest BCUT2D eigenvalue weighted by Crippen LogP contribution is 2.19. The van der Waals surface area contributed by atoms with E-state index >= 15 is 0 Å². The standard InChI is InChI=1S/C20H19ClN6O/c21-16-2-4-17(5-3-16)25-18-14-15(6-9-22-18)19(28)26-10-12-27(13-11-26)20-23-7-1-8-24-20/h1-9,14H,10-13H2,(H,22,25). The fraction of sp³-hybridized carbons (Fsp3) is 0.200. The molecule has 1 fully saturated rings. The number of piperazine rings is 1. The molecule has 1 aromatic carbocycles. The van der Waals surface area contributed by atoms with Gasteiger partial charge in [-0.2, -0.15) is 0 Å². The molecule has 0 spiro atoms. The van der Waals surface area contributed by atoms with Crippen LogP contribution in [0, 0.1) is 0 Å². The smallest absolute Gasteiger partial charge is 0.254 e. The van der Waals surface area contributed by atoms with E-state index in [1.54, 1.807) is 48.9 Å². The maximum absolute atomic E-state index is 12.9. The normalized spacial score (nSPS) is 14.0. The van der Waals surface area contributed by atoms with Crippen LogP contribution in [0.4, 0.5) is 17.5 Å². The van der Waals surface area contributed by atoms with Gasteiger partial charge >= 0.3 is 0 Å². The topological polar surface area (TPSA) is 74.2 Å². The molecular weight excluding hydrogens is 376 g/mol. The Bertz CT molecular complexity index is 942. The van der Waals surface area contributed by atoms with E-state index in [0.29, 0.717) is 48.5 Å². The summed E-state index contributed by atoms with van der Waals surface area (Å²) in [6.07, 6.45) is 5.09. The molecule has 28 heavy (non-hydrogen) atoms. The van der Waals surface area contributed by atoms with E-state index in [0.717, 1.165) is 5.69 Å². The van der Waals surface area contributed by atoms with Crippen molar-refractivity contribution in [3.63, 3.8) is 0 Å². The average Bonchev–Trinajstić information content (AvgIpc) is 2.76. The van der Waals surface area contributed by atoms with Crippen molar-refractivity contribution in [3.05, 3.63) is 71.6 Å². The number of benzene rings is 1. The zero-order valence-corrected chi connectivity index (χ0v) is 15.9. The van der Waals surface area contributed by atoms with Gasteiger partial charge in [-0.25, -0.2) is 15.0 Å². The van der Waals surface area contributed by atoms with E-state index in [-0.39, 0.29) is 5.91 Å². The molecule has 1 amide bonds. The molecule has 8 heteroatoms. The van der Waals surface area contributed by atoms with Crippen molar-refractivity contribution < 1.29 is 4.79 Å². The molecule has 4 rings (SSSR count). The van der Waals surface area contributed by atoms with Crippen LogP contribution in [-0.4, -0.2) is 51.9 Å². The number of carbonyl (C=O) groups is 1. The first kappa shape index (κ1) is 18.2. The third-order valence-corrected chi connectivity index (χ3v) is 4.78. The van der Waals surface area contributed by atoms with Gasteiger partial charge in [0, 0.05) is 61.0 Å². The minimum Gasteiger partial charge on any atom is -0.340 e. The molecule has 0 unspecified atom stereocenters. The highest BCUT2D eigenvalue weighted by Gasteiger charge is 2.23. The van der Waals surface area contributed by atoms with Crippen molar-refractivity contribution in [2.24, 2.45) is 0 Å². The highest BCUT2D eigenvalue weighted by molar-refractivity contribution is 6.30. The van der Waals surface area contributed by atoms with Crippen LogP contribution in [0.25, 0.3) is 0 Å². The fourth-order valence-electron chi connectivity index (χ4n) is 3.06. The summed E-state index contributed by atoms with van der Waals surface area (Å²) >= 11 is 5.91. The van der Waals surface area contributed by atoms with Gasteiger partial charge in [-0.15, -0.1) is 0 Å². The summed E-state index contributed by atoms with van der Waals surface area (Å²) in [5.41, 5.74) is 1.47. The average molecular weight is 395 g/mol. The van der Waals surface area contributed by atoms with Crippen LogP contribution in [0.5, 0.6) is 0 Å². The summed E-state index contributed by atoms with van der Waals surface area (Å²) in [6, 6.07) is 12.6. The van der Waals surface area contributed by atoms with E-state index in [9.17, 15) is 4.79 Å². The minimum atomic E-state index is -0.00446. The Balaban J connectivity index is 1.40. The van der Waals surface area contributed by atoms with Crippen LogP contribution in [0.3, 0.4) is 0 Å². The van der Waals surface area contributed by atoms with E-state index in [1.807, 2.05) is 17.0 Å². The summed E-state index contributed by atoms with van der Waals surface area (Å²) in [4.78, 5) is 29.7. The van der Waals surface area contributed by atoms with Crippen molar-refractivity contribution in [2.75, 3.05) is 36.4 Å². The van der Waals surface area contributed by atoms with Crippen LogP contribution in [0.2, 0.25) is 5.02 Å². The first-order valence-corrected chi connectivity index (χ1v) is 9.37. The summed E-state index contributed by atoms with van der Waals surface area (Å²) in [5.74, 6) is 1.31. The minimum absolute atomic E-state index is 0.00446. The molecule has 1 saturated heterocycles. The molecule has 0 atom stereocenters. The van der Waals surface area contributed by atoms with Gasteiger partial charge in [0.25, 0.3) is 5.91 Å². The van der Waals surface area contributed by atoms with Crippen LogP contribution in [0.15, 0.2) is 61.1 Å². The molecule has 3 aromatic rings. The second kappa shape index (κ2) is 8.22. The maximum atomic E-state index is 12.9. The molecule has 1 aliphatic heterocycles. The van der Waals surface area contributed by atoms with E-state index in [1.165, 1.54) is 0 Å². The van der Waals surface area contributed by atoms with Gasteiger partial charge in [-0.3, -0.25) is 4.79 Å². The van der Waals surface area contributed by atoms with Crippen LogP contribution in [0.1, 0.15) is 10.4 Å². The summed E-state index contributed by atoms with van der Waals surface area (Å²) < 4.78 is 0. The van der Waals surface area contributed by atoms with E-state index in [4.69, 9.17) is 11.6 Å². The molecule has 1 aliphatic rings. The van der Waals surface area contributed by atoms with Crippen molar-refractivity contribution in [1.29, 1.82) is 0 Å². The lowest BCUT2D eigenvalue weighted by Crippen LogP contribution is -2.49.